The van der Waals surface area contributed by atoms with E-state index >= 15 is 0 Å². The molecule has 24 heavy (non-hydrogen) atoms. The predicted octanol–water partition coefficient (Wildman–Crippen LogP) is 3.13. The number of halogens is 1. The third-order valence-electron chi connectivity index (χ3n) is 3.64. The molecule has 0 atom stereocenters. The van der Waals surface area contributed by atoms with E-state index in [1.807, 2.05) is 37.3 Å². The molecule has 0 aliphatic rings. The van der Waals surface area contributed by atoms with Crippen LogP contribution in [0.5, 0.6) is 0 Å². The van der Waals surface area contributed by atoms with E-state index in [1.165, 1.54) is 17.0 Å². The number of benzene rings is 2. The van der Waals surface area contributed by atoms with E-state index in [9.17, 15) is 9.18 Å². The van der Waals surface area contributed by atoms with Crippen LogP contribution in [0.3, 0.4) is 0 Å². The smallest absolute Gasteiger partial charge is 0.280 e. The number of carbonyl (C=O) groups excluding carboxylic acids is 1. The first kappa shape index (κ1) is 15.9. The average molecular weight is 324 g/mol. The molecule has 1 aromatic heterocycles. The van der Waals surface area contributed by atoms with Crippen molar-refractivity contribution < 1.29 is 9.18 Å². The summed E-state index contributed by atoms with van der Waals surface area (Å²) in [4.78, 5) is 14.2. The van der Waals surface area contributed by atoms with Crippen molar-refractivity contribution in [2.75, 3.05) is 11.4 Å². The molecule has 1 heterocycles. The van der Waals surface area contributed by atoms with Gasteiger partial charge in [-0.2, -0.15) is 0 Å². The molecular formula is C18H17FN4O. The first-order chi connectivity index (χ1) is 11.7. The Morgan fingerprint density at radius 3 is 2.50 bits per heavy atom. The topological polar surface area (TPSA) is 51.0 Å². The molecule has 0 radical (unpaired) electrons. The minimum Gasteiger partial charge on any atom is -0.307 e. The summed E-state index contributed by atoms with van der Waals surface area (Å²) in [6.07, 6.45) is 1.63. The highest BCUT2D eigenvalue weighted by Crippen LogP contribution is 2.17. The van der Waals surface area contributed by atoms with Gasteiger partial charge in [0.2, 0.25) is 0 Å². The summed E-state index contributed by atoms with van der Waals surface area (Å²) in [5.41, 5.74) is 1.96. The lowest BCUT2D eigenvalue weighted by molar-refractivity contribution is 0.0983. The van der Waals surface area contributed by atoms with Crippen LogP contribution in [0.1, 0.15) is 23.0 Å². The Morgan fingerprint density at radius 1 is 1.12 bits per heavy atom. The van der Waals surface area contributed by atoms with Crippen molar-refractivity contribution in [3.8, 4) is 0 Å². The second kappa shape index (κ2) is 7.04. The van der Waals surface area contributed by atoms with Crippen LogP contribution in [0.2, 0.25) is 0 Å². The van der Waals surface area contributed by atoms with Crippen LogP contribution in [-0.2, 0) is 6.54 Å². The lowest BCUT2D eigenvalue weighted by Gasteiger charge is -2.19. The number of hydrogen-bond acceptors (Lipinski definition) is 3. The molecule has 1 amide bonds. The van der Waals surface area contributed by atoms with Crippen LogP contribution in [-0.4, -0.2) is 27.4 Å². The van der Waals surface area contributed by atoms with Gasteiger partial charge in [-0.1, -0.05) is 35.5 Å². The van der Waals surface area contributed by atoms with E-state index in [4.69, 9.17) is 0 Å². The van der Waals surface area contributed by atoms with Gasteiger partial charge in [0.15, 0.2) is 5.69 Å². The van der Waals surface area contributed by atoms with E-state index in [1.54, 1.807) is 23.0 Å². The van der Waals surface area contributed by atoms with Gasteiger partial charge in [-0.25, -0.2) is 9.07 Å². The van der Waals surface area contributed by atoms with Crippen molar-refractivity contribution in [3.63, 3.8) is 0 Å². The van der Waals surface area contributed by atoms with Gasteiger partial charge in [-0.05, 0) is 36.8 Å². The first-order valence-electron chi connectivity index (χ1n) is 7.69. The third-order valence-corrected chi connectivity index (χ3v) is 3.64. The van der Waals surface area contributed by atoms with Crippen molar-refractivity contribution in [2.45, 2.75) is 13.5 Å². The van der Waals surface area contributed by atoms with Gasteiger partial charge >= 0.3 is 0 Å². The van der Waals surface area contributed by atoms with Crippen LogP contribution in [0.25, 0.3) is 0 Å². The standard InChI is InChI=1S/C18H17FN4O/c1-2-23(16-10-8-15(19)9-11-16)18(24)17-13-22(21-20-17)12-14-6-4-3-5-7-14/h3-11,13H,2,12H2,1H3. The summed E-state index contributed by atoms with van der Waals surface area (Å²) in [7, 11) is 0. The maximum Gasteiger partial charge on any atom is 0.280 e. The Labute approximate surface area is 139 Å². The number of carbonyl (C=O) groups is 1. The fourth-order valence-electron chi connectivity index (χ4n) is 2.45. The SMILES string of the molecule is CCN(C(=O)c1cn(Cc2ccccc2)nn1)c1ccc(F)cc1. The normalized spacial score (nSPS) is 10.6. The Morgan fingerprint density at radius 2 is 1.83 bits per heavy atom. The summed E-state index contributed by atoms with van der Waals surface area (Å²) in [6.45, 7) is 2.86. The number of rotatable bonds is 5. The quantitative estimate of drug-likeness (QED) is 0.724. The second-order valence-electron chi connectivity index (χ2n) is 5.31. The average Bonchev–Trinajstić information content (AvgIpc) is 3.06. The molecule has 0 aliphatic carbocycles. The zero-order valence-electron chi connectivity index (χ0n) is 13.3. The fraction of sp³-hybridized carbons (Fsp3) is 0.167. The van der Waals surface area contributed by atoms with Crippen molar-refractivity contribution >= 4 is 11.6 Å². The highest BCUT2D eigenvalue weighted by molar-refractivity contribution is 6.04. The Bertz CT molecular complexity index is 815. The van der Waals surface area contributed by atoms with Gasteiger partial charge in [0.25, 0.3) is 5.91 Å². The van der Waals surface area contributed by atoms with Crippen molar-refractivity contribution in [1.29, 1.82) is 0 Å². The summed E-state index contributed by atoms with van der Waals surface area (Å²) >= 11 is 0. The van der Waals surface area contributed by atoms with Crippen molar-refractivity contribution in [2.24, 2.45) is 0 Å². The van der Waals surface area contributed by atoms with Gasteiger partial charge in [0, 0.05) is 12.2 Å². The summed E-state index contributed by atoms with van der Waals surface area (Å²) in [6, 6.07) is 15.6. The van der Waals surface area contributed by atoms with E-state index in [2.05, 4.69) is 10.3 Å². The van der Waals surface area contributed by atoms with E-state index in [0.717, 1.165) is 5.56 Å². The number of anilines is 1. The number of hydrogen-bond donors (Lipinski definition) is 0. The molecule has 0 N–H and O–H groups in total. The molecule has 0 spiro atoms. The molecule has 5 nitrogen and oxygen atoms in total. The number of nitrogens with zero attached hydrogens (tertiary/aromatic N) is 4. The second-order valence-corrected chi connectivity index (χ2v) is 5.31. The molecule has 3 rings (SSSR count). The molecule has 122 valence electrons. The molecule has 0 saturated carbocycles. The number of aromatic nitrogens is 3. The van der Waals surface area contributed by atoms with Gasteiger partial charge in [0.05, 0.1) is 12.7 Å². The third kappa shape index (κ3) is 3.48. The largest absolute Gasteiger partial charge is 0.307 e. The highest BCUT2D eigenvalue weighted by Gasteiger charge is 2.19. The minimum absolute atomic E-state index is 0.261. The van der Waals surface area contributed by atoms with E-state index in [-0.39, 0.29) is 17.4 Å². The van der Waals surface area contributed by atoms with Crippen LogP contribution < -0.4 is 4.90 Å². The Balaban J connectivity index is 1.78. The molecule has 2 aromatic carbocycles. The van der Waals surface area contributed by atoms with E-state index in [0.29, 0.717) is 18.8 Å². The zero-order chi connectivity index (χ0) is 16.9. The first-order valence-corrected chi connectivity index (χ1v) is 7.69. The van der Waals surface area contributed by atoms with Crippen molar-refractivity contribution in [1.82, 2.24) is 15.0 Å². The van der Waals surface area contributed by atoms with Gasteiger partial charge in [-0.3, -0.25) is 4.79 Å². The summed E-state index contributed by atoms with van der Waals surface area (Å²) in [5, 5.41) is 7.99. The minimum atomic E-state index is -0.337. The molecule has 0 bridgehead atoms. The lowest BCUT2D eigenvalue weighted by atomic mass is 10.2. The monoisotopic (exact) mass is 324 g/mol. The highest BCUT2D eigenvalue weighted by atomic mass is 19.1. The van der Waals surface area contributed by atoms with Gasteiger partial charge in [0.1, 0.15) is 5.82 Å². The molecule has 0 aliphatic heterocycles. The maximum absolute atomic E-state index is 13.1. The summed E-state index contributed by atoms with van der Waals surface area (Å²) < 4.78 is 14.7. The maximum atomic E-state index is 13.1. The van der Waals surface area contributed by atoms with Crippen molar-refractivity contribution in [3.05, 3.63) is 77.9 Å². The molecule has 0 saturated heterocycles. The van der Waals surface area contributed by atoms with Crippen LogP contribution >= 0.6 is 0 Å². The Kier molecular flexibility index (Phi) is 4.65. The van der Waals surface area contributed by atoms with Crippen LogP contribution in [0, 0.1) is 5.82 Å². The molecular weight excluding hydrogens is 307 g/mol. The zero-order valence-corrected chi connectivity index (χ0v) is 13.3. The van der Waals surface area contributed by atoms with E-state index < -0.39 is 0 Å². The molecule has 6 heteroatoms. The number of amides is 1. The van der Waals surface area contributed by atoms with Crippen LogP contribution in [0.15, 0.2) is 60.8 Å². The Hall–Kier alpha value is -3.02. The van der Waals surface area contributed by atoms with Gasteiger partial charge < -0.3 is 4.90 Å². The molecule has 0 unspecified atom stereocenters. The summed E-state index contributed by atoms with van der Waals surface area (Å²) in [5.74, 6) is -0.598. The van der Waals surface area contributed by atoms with Crippen LogP contribution in [0.4, 0.5) is 10.1 Å². The van der Waals surface area contributed by atoms with Gasteiger partial charge in [-0.15, -0.1) is 5.10 Å². The predicted molar refractivity (Wildman–Crippen MR) is 89.3 cm³/mol. The fourth-order valence-corrected chi connectivity index (χ4v) is 2.45. The lowest BCUT2D eigenvalue weighted by Crippen LogP contribution is -2.30. The molecule has 3 aromatic rings. The molecule has 0 fully saturated rings.